The Labute approximate surface area is 99.5 Å². The van der Waals surface area contributed by atoms with Crippen LogP contribution in [0.5, 0.6) is 0 Å². The fourth-order valence-electron chi connectivity index (χ4n) is 1.93. The first-order valence-corrected chi connectivity index (χ1v) is 6.43. The molecule has 88 valence electrons. The molecule has 0 bridgehead atoms. The number of rotatable bonds is 5. The van der Waals surface area contributed by atoms with Crippen LogP contribution in [0, 0.1) is 5.92 Å². The quantitative estimate of drug-likeness (QED) is 0.830. The maximum absolute atomic E-state index is 10.9. The highest BCUT2D eigenvalue weighted by Gasteiger charge is 2.37. The fourth-order valence-corrected chi connectivity index (χ4v) is 2.70. The Morgan fingerprint density at radius 2 is 2.31 bits per heavy atom. The summed E-state index contributed by atoms with van der Waals surface area (Å²) < 4.78 is 0. The summed E-state index contributed by atoms with van der Waals surface area (Å²) in [5.41, 5.74) is 1.02. The van der Waals surface area contributed by atoms with Gasteiger partial charge >= 0.3 is 5.97 Å². The van der Waals surface area contributed by atoms with E-state index in [2.05, 4.69) is 19.2 Å². The van der Waals surface area contributed by atoms with Crippen LogP contribution in [-0.2, 0) is 6.54 Å². The second-order valence-corrected chi connectivity index (χ2v) is 5.85. The average molecular weight is 239 g/mol. The van der Waals surface area contributed by atoms with Crippen LogP contribution in [0.2, 0.25) is 0 Å². The van der Waals surface area contributed by atoms with Crippen molar-refractivity contribution in [2.75, 3.05) is 0 Å². The van der Waals surface area contributed by atoms with Gasteiger partial charge in [0.2, 0.25) is 0 Å². The number of hydrogen-bond acceptors (Lipinski definition) is 3. The Morgan fingerprint density at radius 3 is 2.88 bits per heavy atom. The zero-order valence-corrected chi connectivity index (χ0v) is 10.4. The van der Waals surface area contributed by atoms with E-state index < -0.39 is 5.97 Å². The van der Waals surface area contributed by atoms with Crippen molar-refractivity contribution < 1.29 is 9.90 Å². The minimum atomic E-state index is -0.823. The largest absolute Gasteiger partial charge is 0.477 e. The lowest BCUT2D eigenvalue weighted by Gasteiger charge is -2.26. The van der Waals surface area contributed by atoms with E-state index >= 15 is 0 Å². The number of nitrogens with one attached hydrogen (secondary N) is 1. The Morgan fingerprint density at radius 1 is 1.62 bits per heavy atom. The molecule has 16 heavy (non-hydrogen) atoms. The van der Waals surface area contributed by atoms with Gasteiger partial charge in [-0.1, -0.05) is 0 Å². The lowest BCUT2D eigenvalue weighted by molar-refractivity contribution is 0.0700. The summed E-state index contributed by atoms with van der Waals surface area (Å²) in [7, 11) is 0. The second kappa shape index (κ2) is 4.18. The Hall–Kier alpha value is -0.870. The molecule has 2 rings (SSSR count). The van der Waals surface area contributed by atoms with Gasteiger partial charge in [-0.2, -0.15) is 0 Å². The zero-order chi connectivity index (χ0) is 11.8. The Balaban J connectivity index is 1.98. The zero-order valence-electron chi connectivity index (χ0n) is 9.62. The van der Waals surface area contributed by atoms with E-state index in [9.17, 15) is 4.79 Å². The molecule has 1 fully saturated rings. The van der Waals surface area contributed by atoms with Crippen molar-refractivity contribution in [2.24, 2.45) is 5.92 Å². The maximum Gasteiger partial charge on any atom is 0.346 e. The fraction of sp³-hybridized carbons (Fsp3) is 0.583. The Kier molecular flexibility index (Phi) is 3.04. The third-order valence-electron chi connectivity index (χ3n) is 3.27. The molecular weight excluding hydrogens is 222 g/mol. The van der Waals surface area contributed by atoms with Crippen molar-refractivity contribution in [3.8, 4) is 0 Å². The number of thiophene rings is 1. The molecule has 0 saturated heterocycles. The van der Waals surface area contributed by atoms with E-state index in [1.807, 2.05) is 11.4 Å². The first kappa shape index (κ1) is 11.6. The third kappa shape index (κ3) is 2.44. The van der Waals surface area contributed by atoms with Gasteiger partial charge in [-0.3, -0.25) is 0 Å². The van der Waals surface area contributed by atoms with Gasteiger partial charge in [-0.25, -0.2) is 4.79 Å². The highest BCUT2D eigenvalue weighted by atomic mass is 32.1. The van der Waals surface area contributed by atoms with Gasteiger partial charge in [-0.15, -0.1) is 11.3 Å². The van der Waals surface area contributed by atoms with Crippen molar-refractivity contribution >= 4 is 17.3 Å². The average Bonchev–Trinajstić information content (AvgIpc) is 2.95. The number of carboxylic acid groups (broad SMARTS) is 1. The van der Waals surface area contributed by atoms with Crippen LogP contribution in [0.1, 0.15) is 41.9 Å². The first-order chi connectivity index (χ1) is 7.50. The number of carbonyl (C=O) groups is 1. The monoisotopic (exact) mass is 239 g/mol. The minimum Gasteiger partial charge on any atom is -0.477 e. The molecule has 0 amide bonds. The van der Waals surface area contributed by atoms with Gasteiger partial charge in [0.1, 0.15) is 4.88 Å². The van der Waals surface area contributed by atoms with Gasteiger partial charge < -0.3 is 10.4 Å². The molecule has 1 aromatic heterocycles. The first-order valence-electron chi connectivity index (χ1n) is 5.55. The highest BCUT2D eigenvalue weighted by Crippen LogP contribution is 2.39. The van der Waals surface area contributed by atoms with E-state index in [1.165, 1.54) is 24.2 Å². The molecule has 3 nitrogen and oxygen atoms in total. The summed E-state index contributed by atoms with van der Waals surface area (Å²) in [6, 6.07) is 1.89. The minimum absolute atomic E-state index is 0.123. The summed E-state index contributed by atoms with van der Waals surface area (Å²) in [6.07, 6.45) is 2.57. The van der Waals surface area contributed by atoms with Crippen molar-refractivity contribution in [1.82, 2.24) is 5.32 Å². The van der Waals surface area contributed by atoms with Gasteiger partial charge in [0, 0.05) is 12.1 Å². The van der Waals surface area contributed by atoms with Crippen molar-refractivity contribution in [1.29, 1.82) is 0 Å². The van der Waals surface area contributed by atoms with Crippen molar-refractivity contribution in [3.05, 3.63) is 21.9 Å². The van der Waals surface area contributed by atoms with Crippen LogP contribution >= 0.6 is 11.3 Å². The molecule has 1 aliphatic carbocycles. The SMILES string of the molecule is CC(C)(NCc1ccsc1C(=O)O)C1CC1. The molecule has 0 spiro atoms. The number of aromatic carboxylic acids is 1. The molecule has 1 aromatic rings. The smallest absolute Gasteiger partial charge is 0.346 e. The molecule has 1 saturated carbocycles. The molecule has 0 radical (unpaired) electrons. The van der Waals surface area contributed by atoms with Gasteiger partial charge in [0.15, 0.2) is 0 Å². The molecule has 0 unspecified atom stereocenters. The normalized spacial score (nSPS) is 16.4. The van der Waals surface area contributed by atoms with Crippen LogP contribution in [0.4, 0.5) is 0 Å². The van der Waals surface area contributed by atoms with E-state index in [-0.39, 0.29) is 5.54 Å². The molecular formula is C12H17NO2S. The summed E-state index contributed by atoms with van der Waals surface area (Å²) in [5, 5.41) is 14.3. The lowest BCUT2D eigenvalue weighted by atomic mass is 9.98. The third-order valence-corrected chi connectivity index (χ3v) is 4.22. The molecule has 0 atom stereocenters. The van der Waals surface area contributed by atoms with Crippen LogP contribution in [0.25, 0.3) is 0 Å². The molecule has 1 aliphatic rings. The number of carboxylic acids is 1. The van der Waals surface area contributed by atoms with Crippen LogP contribution in [0.15, 0.2) is 11.4 Å². The molecule has 4 heteroatoms. The van der Waals surface area contributed by atoms with Crippen LogP contribution < -0.4 is 5.32 Å². The molecule has 0 aliphatic heterocycles. The predicted molar refractivity (Wildman–Crippen MR) is 64.9 cm³/mol. The molecule has 1 heterocycles. The summed E-state index contributed by atoms with van der Waals surface area (Å²) in [5.74, 6) is -0.0737. The van der Waals surface area contributed by atoms with Crippen LogP contribution in [0.3, 0.4) is 0 Å². The second-order valence-electron chi connectivity index (χ2n) is 4.93. The number of hydrogen-bond donors (Lipinski definition) is 2. The van der Waals surface area contributed by atoms with Crippen molar-refractivity contribution in [3.63, 3.8) is 0 Å². The molecule has 2 N–H and O–H groups in total. The van der Waals surface area contributed by atoms with Gasteiger partial charge in [0.25, 0.3) is 0 Å². The topological polar surface area (TPSA) is 49.3 Å². The van der Waals surface area contributed by atoms with E-state index in [0.29, 0.717) is 11.4 Å². The van der Waals surface area contributed by atoms with E-state index in [4.69, 9.17) is 5.11 Å². The summed E-state index contributed by atoms with van der Waals surface area (Å²) >= 11 is 1.29. The predicted octanol–water partition coefficient (Wildman–Crippen LogP) is 2.72. The lowest BCUT2D eigenvalue weighted by Crippen LogP contribution is -2.40. The molecule has 0 aromatic carbocycles. The Bertz CT molecular complexity index is 393. The standard InChI is InChI=1S/C12H17NO2S/c1-12(2,9-3-4-9)13-7-8-5-6-16-10(8)11(14)15/h5-6,9,13H,3-4,7H2,1-2H3,(H,14,15). The van der Waals surface area contributed by atoms with E-state index in [1.54, 1.807) is 0 Å². The maximum atomic E-state index is 10.9. The van der Waals surface area contributed by atoms with Crippen LogP contribution in [-0.4, -0.2) is 16.6 Å². The van der Waals surface area contributed by atoms with Crippen molar-refractivity contribution in [2.45, 2.75) is 38.8 Å². The summed E-state index contributed by atoms with van der Waals surface area (Å²) in [4.78, 5) is 11.4. The van der Waals surface area contributed by atoms with E-state index in [0.717, 1.165) is 11.5 Å². The van der Waals surface area contributed by atoms with Gasteiger partial charge in [-0.05, 0) is 49.6 Å². The van der Waals surface area contributed by atoms with Gasteiger partial charge in [0.05, 0.1) is 0 Å². The summed E-state index contributed by atoms with van der Waals surface area (Å²) in [6.45, 7) is 5.03. The highest BCUT2D eigenvalue weighted by molar-refractivity contribution is 7.12.